The summed E-state index contributed by atoms with van der Waals surface area (Å²) in [6.07, 6.45) is 3.42. The Kier molecular flexibility index (Phi) is 39.8. The normalized spacial score (nSPS) is 10.4. The van der Waals surface area contributed by atoms with Gasteiger partial charge in [-0.15, -0.1) is 0 Å². The van der Waals surface area contributed by atoms with Crippen LogP contribution in [0.3, 0.4) is 0 Å². The highest BCUT2D eigenvalue weighted by molar-refractivity contribution is 5.83. The summed E-state index contributed by atoms with van der Waals surface area (Å²) in [7, 11) is 1.00. The summed E-state index contributed by atoms with van der Waals surface area (Å²) in [5.41, 5.74) is 7.58. The van der Waals surface area contributed by atoms with E-state index in [9.17, 15) is 50.7 Å². The number of carbonyl (C=O) groups is 7. The van der Waals surface area contributed by atoms with Gasteiger partial charge in [-0.2, -0.15) is 8.78 Å². The molecule has 0 heterocycles. The Hall–Kier alpha value is -6.52. The maximum atomic E-state index is 13.6. The Labute approximate surface area is 381 Å². The number of hydrogen-bond donors (Lipinski definition) is 8. The van der Waals surface area contributed by atoms with Crippen LogP contribution in [0.5, 0.6) is 5.75 Å². The standard InChI is InChI=1S/C15H21FN2O3.C10H7F4NO3.C9H12O.C7H15N3O2.C2H4O.CH4O/c1-10-5-3-7-12(16)15(10)17-9-13(19)18-11(2)6-4-8-14(20)21;11-6-1-7(12)9(14)10(8(6)13)18-3-5(17)2-15-4-16;1-2-10-8-9-6-4-3-5-7-9;1-6(2-3-8)10-7(12)4-9-5-11;1-2-3;1-2/h3,5,7,11,17H,4,6,8-9H2,1-2H3,(H,18,19)(H,20,21);1,4H,2-3H2,(H,15,16);3-7H,2,8H2,1H3;5-6H,2-4,8H2,1H3,(H,9,11)(H,10,12);2H,1H3;2H,1H3. The van der Waals surface area contributed by atoms with Gasteiger partial charge in [0.05, 0.1) is 31.9 Å². The third-order valence-electron chi connectivity index (χ3n) is 7.58. The van der Waals surface area contributed by atoms with Crippen molar-refractivity contribution in [3.63, 3.8) is 0 Å². The molecule has 370 valence electrons. The van der Waals surface area contributed by atoms with E-state index in [1.165, 1.54) is 18.6 Å². The van der Waals surface area contributed by atoms with Gasteiger partial charge in [-0.25, -0.2) is 13.2 Å². The van der Waals surface area contributed by atoms with Gasteiger partial charge < -0.3 is 56.8 Å². The summed E-state index contributed by atoms with van der Waals surface area (Å²) >= 11 is 0. The molecule has 0 aromatic heterocycles. The van der Waals surface area contributed by atoms with Gasteiger partial charge in [-0.05, 0) is 77.6 Å². The summed E-state index contributed by atoms with van der Waals surface area (Å²) in [4.78, 5) is 72.5. The van der Waals surface area contributed by atoms with Gasteiger partial charge in [-0.3, -0.25) is 28.8 Å². The number of para-hydroxylation sites is 1. The Balaban J connectivity index is -0.000000801. The van der Waals surface area contributed by atoms with Crippen LogP contribution in [0.2, 0.25) is 0 Å². The van der Waals surface area contributed by atoms with Gasteiger partial charge in [0.2, 0.25) is 36.3 Å². The predicted octanol–water partition coefficient (Wildman–Crippen LogP) is 3.87. The van der Waals surface area contributed by atoms with Crippen LogP contribution in [-0.2, 0) is 44.9 Å². The molecule has 2 unspecified atom stereocenters. The van der Waals surface area contributed by atoms with Gasteiger partial charge in [0, 0.05) is 38.3 Å². The minimum atomic E-state index is -1.73. The van der Waals surface area contributed by atoms with Gasteiger partial charge >= 0.3 is 5.97 Å². The monoisotopic (exact) mass is 946 g/mol. The minimum Gasteiger partial charge on any atom is -0.481 e. The Morgan fingerprint density at radius 2 is 1.30 bits per heavy atom. The zero-order chi connectivity index (χ0) is 50.9. The fourth-order valence-electron chi connectivity index (χ4n) is 4.60. The number of amides is 4. The largest absolute Gasteiger partial charge is 0.481 e. The number of hydrogen-bond acceptors (Lipinski definition) is 12. The molecule has 4 amide bonds. The van der Waals surface area contributed by atoms with E-state index in [2.05, 4.69) is 38.1 Å². The SMILES string of the molecule is CC(CCN)NC(=O)CNC=O.CC=O.CCOCc1ccccc1.CO.Cc1cccc(F)c1NCC(=O)NC(C)CCCC(=O)O.O=CNCC(=O)COc1c(F)c(F)cc(F)c1F. The van der Waals surface area contributed by atoms with Gasteiger partial charge in [-0.1, -0.05) is 42.5 Å². The average molecular weight is 947 g/mol. The molecule has 0 aliphatic rings. The predicted molar refractivity (Wildman–Crippen MR) is 237 cm³/mol. The molecule has 0 bridgehead atoms. The van der Waals surface area contributed by atoms with Crippen molar-refractivity contribution in [2.24, 2.45) is 5.73 Å². The number of aliphatic carboxylic acids is 1. The van der Waals surface area contributed by atoms with Crippen LogP contribution in [-0.4, -0.2) is 111 Å². The van der Waals surface area contributed by atoms with Crippen molar-refractivity contribution in [1.82, 2.24) is 21.3 Å². The number of carboxylic acid groups (broad SMARTS) is 1. The quantitative estimate of drug-likeness (QED) is 0.0382. The zero-order valence-electron chi connectivity index (χ0n) is 37.9. The molecule has 17 nitrogen and oxygen atoms in total. The third kappa shape index (κ3) is 33.1. The third-order valence-corrected chi connectivity index (χ3v) is 7.58. The molecule has 0 aliphatic heterocycles. The lowest BCUT2D eigenvalue weighted by Crippen LogP contribution is -2.39. The van der Waals surface area contributed by atoms with Crippen molar-refractivity contribution >= 4 is 48.4 Å². The number of Topliss-reactive ketones (excluding diaryl/α,β-unsaturated/α-hetero) is 1. The van der Waals surface area contributed by atoms with Gasteiger partial charge in [0.25, 0.3) is 0 Å². The van der Waals surface area contributed by atoms with Gasteiger partial charge in [0.15, 0.2) is 23.2 Å². The fourth-order valence-corrected chi connectivity index (χ4v) is 4.60. The summed E-state index contributed by atoms with van der Waals surface area (Å²) < 4.78 is 74.7. The number of aldehydes is 1. The lowest BCUT2D eigenvalue weighted by molar-refractivity contribution is -0.137. The van der Waals surface area contributed by atoms with Crippen molar-refractivity contribution in [2.75, 3.05) is 51.8 Å². The van der Waals surface area contributed by atoms with E-state index in [4.69, 9.17) is 25.5 Å². The first kappa shape index (κ1) is 63.8. The van der Waals surface area contributed by atoms with Gasteiger partial charge in [0.1, 0.15) is 18.7 Å². The number of aliphatic hydroxyl groups is 1. The number of benzene rings is 3. The van der Waals surface area contributed by atoms with E-state index in [0.717, 1.165) is 38.6 Å². The topological polar surface area (TPSA) is 265 Å². The number of anilines is 1. The summed E-state index contributed by atoms with van der Waals surface area (Å²) in [6.45, 7) is 9.70. The van der Waals surface area contributed by atoms with Crippen molar-refractivity contribution in [1.29, 1.82) is 0 Å². The molecule has 0 radical (unpaired) electrons. The first-order valence-electron chi connectivity index (χ1n) is 20.2. The van der Waals surface area contributed by atoms with E-state index in [0.29, 0.717) is 31.5 Å². The lowest BCUT2D eigenvalue weighted by Gasteiger charge is -2.15. The first-order chi connectivity index (χ1) is 31.4. The number of ketones is 1. The number of ether oxygens (including phenoxy) is 2. The highest BCUT2D eigenvalue weighted by Crippen LogP contribution is 2.26. The minimum absolute atomic E-state index is 0.0211. The number of rotatable bonds is 23. The second kappa shape index (κ2) is 41.2. The molecule has 22 heteroatoms. The Morgan fingerprint density at radius 3 is 1.80 bits per heavy atom. The van der Waals surface area contributed by atoms with E-state index in [-0.39, 0.29) is 55.9 Å². The molecule has 0 saturated heterocycles. The molecule has 9 N–H and O–H groups in total. The molecule has 0 aliphatic carbocycles. The molecule has 3 aromatic rings. The lowest BCUT2D eigenvalue weighted by atomic mass is 10.1. The molecule has 0 spiro atoms. The molecule has 3 rings (SSSR count). The second-order valence-corrected chi connectivity index (χ2v) is 13.1. The second-order valence-electron chi connectivity index (χ2n) is 13.1. The molecule has 3 aromatic carbocycles. The van der Waals surface area contributed by atoms with E-state index < -0.39 is 59.7 Å². The number of aliphatic hydroxyl groups excluding tert-OH is 1. The molecule has 0 saturated carbocycles. The van der Waals surface area contributed by atoms with Crippen LogP contribution in [0.25, 0.3) is 0 Å². The van der Waals surface area contributed by atoms with Crippen LogP contribution in [0.4, 0.5) is 27.6 Å². The Morgan fingerprint density at radius 1 is 0.773 bits per heavy atom. The maximum absolute atomic E-state index is 13.6. The molecule has 0 fully saturated rings. The average Bonchev–Trinajstić information content (AvgIpc) is 3.28. The highest BCUT2D eigenvalue weighted by atomic mass is 19.2. The van der Waals surface area contributed by atoms with E-state index in [1.54, 1.807) is 19.1 Å². The number of aryl methyl sites for hydroxylation is 1. The number of nitrogens with two attached hydrogens (primary N) is 1. The maximum Gasteiger partial charge on any atom is 0.303 e. The van der Waals surface area contributed by atoms with Crippen LogP contribution in [0, 0.1) is 36.0 Å². The van der Waals surface area contributed by atoms with Crippen molar-refractivity contribution in [3.05, 3.63) is 94.8 Å². The van der Waals surface area contributed by atoms with Crippen LogP contribution in [0.15, 0.2) is 54.6 Å². The van der Waals surface area contributed by atoms with E-state index in [1.807, 2.05) is 44.3 Å². The smallest absolute Gasteiger partial charge is 0.303 e. The van der Waals surface area contributed by atoms with Crippen molar-refractivity contribution < 1.29 is 75.2 Å². The van der Waals surface area contributed by atoms with E-state index >= 15 is 0 Å². The number of carboxylic acids is 1. The fraction of sp³-hybridized carbons (Fsp3) is 0.432. The summed E-state index contributed by atoms with van der Waals surface area (Å²) in [5, 5.41) is 28.0. The summed E-state index contributed by atoms with van der Waals surface area (Å²) in [6, 6.07) is 14.9. The number of carbonyl (C=O) groups excluding carboxylic acids is 6. The van der Waals surface area contributed by atoms with Crippen molar-refractivity contribution in [3.8, 4) is 5.75 Å². The summed E-state index contributed by atoms with van der Waals surface area (Å²) in [5.74, 6) is -10.5. The van der Waals surface area contributed by atoms with Crippen LogP contribution in [0.1, 0.15) is 64.5 Å². The molecule has 66 heavy (non-hydrogen) atoms. The number of nitrogens with one attached hydrogen (secondary N) is 5. The first-order valence-corrected chi connectivity index (χ1v) is 20.2. The van der Waals surface area contributed by atoms with Crippen LogP contribution < -0.4 is 37.1 Å². The molecular formula is C44H63F5N6O11. The Bertz CT molecular complexity index is 1800. The number of halogens is 5. The van der Waals surface area contributed by atoms with Crippen molar-refractivity contribution in [2.45, 2.75) is 79.0 Å². The highest BCUT2D eigenvalue weighted by Gasteiger charge is 2.21. The van der Waals surface area contributed by atoms with Crippen LogP contribution >= 0.6 is 0 Å². The molecule has 2 atom stereocenters. The molecular weight excluding hydrogens is 884 g/mol. The zero-order valence-corrected chi connectivity index (χ0v) is 37.9.